The molecule has 0 amide bonds. The summed E-state index contributed by atoms with van der Waals surface area (Å²) in [5.74, 6) is 5.01. The Balaban J connectivity index is 1.04. The van der Waals surface area contributed by atoms with Gasteiger partial charge in [-0.15, -0.1) is 0 Å². The first kappa shape index (κ1) is 46.5. The van der Waals surface area contributed by atoms with Gasteiger partial charge in [-0.1, -0.05) is 194 Å². The highest BCUT2D eigenvalue weighted by molar-refractivity contribution is 6.12. The molecule has 9 aromatic carbocycles. The number of hydrogen-bond acceptors (Lipinski definition) is 10. The minimum Gasteiger partial charge on any atom is -0.308 e. The third kappa shape index (κ3) is 9.13. The predicted octanol–water partition coefficient (Wildman–Crippen LogP) is 15.4. The third-order valence-electron chi connectivity index (χ3n) is 13.9. The van der Waals surface area contributed by atoms with Crippen molar-refractivity contribution in [2.75, 3.05) is 0 Å². The van der Waals surface area contributed by atoms with Crippen LogP contribution >= 0.6 is 0 Å². The summed E-state index contributed by atoms with van der Waals surface area (Å²) in [6.07, 6.45) is 3.66. The zero-order chi connectivity index (χ0) is 52.5. The van der Waals surface area contributed by atoms with Gasteiger partial charge in [0.1, 0.15) is 0 Å². The molecule has 0 bridgehead atoms. The largest absolute Gasteiger partial charge is 0.308 e. The molecule has 79 heavy (non-hydrogen) atoms. The maximum absolute atomic E-state index is 5.31. The van der Waals surface area contributed by atoms with Gasteiger partial charge in [0.05, 0.1) is 16.7 Å². The van der Waals surface area contributed by atoms with Crippen LogP contribution in [0.4, 0.5) is 0 Å². The highest BCUT2D eigenvalue weighted by Gasteiger charge is 2.23. The average molecular weight is 1010 g/mol. The van der Waals surface area contributed by atoms with E-state index in [1.54, 1.807) is 6.20 Å². The molecule has 0 spiro atoms. The number of rotatable bonds is 11. The number of aromatic nitrogens is 11. The highest BCUT2D eigenvalue weighted by Crippen LogP contribution is 2.41. The smallest absolute Gasteiger partial charge is 0.166 e. The van der Waals surface area contributed by atoms with Crippen molar-refractivity contribution in [3.8, 4) is 119 Å². The van der Waals surface area contributed by atoms with Gasteiger partial charge in [-0.05, 0) is 60.2 Å². The molecule has 370 valence electrons. The lowest BCUT2D eigenvalue weighted by atomic mass is 10.0. The van der Waals surface area contributed by atoms with E-state index in [2.05, 4.69) is 70.2 Å². The van der Waals surface area contributed by atoms with Crippen LogP contribution in [-0.2, 0) is 0 Å². The van der Waals surface area contributed by atoms with Crippen molar-refractivity contribution in [2.24, 2.45) is 0 Å². The van der Waals surface area contributed by atoms with Gasteiger partial charge >= 0.3 is 0 Å². The second-order valence-electron chi connectivity index (χ2n) is 18.9. The van der Waals surface area contributed by atoms with Crippen molar-refractivity contribution in [2.45, 2.75) is 0 Å². The van der Waals surface area contributed by atoms with Crippen molar-refractivity contribution in [3.63, 3.8) is 0 Å². The van der Waals surface area contributed by atoms with E-state index in [1.807, 2.05) is 194 Å². The number of pyridine rings is 1. The fourth-order valence-corrected chi connectivity index (χ4v) is 9.99. The van der Waals surface area contributed by atoms with Crippen LogP contribution in [-0.4, -0.2) is 54.4 Å². The molecule has 14 rings (SSSR count). The Labute approximate surface area is 454 Å². The average Bonchev–Trinajstić information content (AvgIpc) is 4.02. The SMILES string of the molecule is c1ccc(-c2nc(-c3ccccc3)nc(-c3ccc4c(c3)c3cc(-c5nc(-c6ccccc6)nc(-c6ccccc6)n5)ccc3n4-c3ccc(-c4cccnc4)cc3-c3nc(-c4ccccc4)nc(-c4ccccc4)n3)n2)cc1. The predicted molar refractivity (Wildman–Crippen MR) is 313 cm³/mol. The van der Waals surface area contributed by atoms with Gasteiger partial charge in [-0.3, -0.25) is 4.98 Å². The zero-order valence-corrected chi connectivity index (χ0v) is 42.2. The fourth-order valence-electron chi connectivity index (χ4n) is 9.99. The molecular weight excluding hydrogens is 971 g/mol. The minimum absolute atomic E-state index is 0.510. The van der Waals surface area contributed by atoms with Crippen LogP contribution in [0, 0.1) is 0 Å². The monoisotopic (exact) mass is 1010 g/mol. The molecule has 0 saturated carbocycles. The van der Waals surface area contributed by atoms with E-state index in [0.29, 0.717) is 52.4 Å². The molecule has 14 aromatic rings. The Morgan fingerprint density at radius 1 is 0.228 bits per heavy atom. The van der Waals surface area contributed by atoms with Crippen molar-refractivity contribution in [1.29, 1.82) is 0 Å². The molecule has 5 aromatic heterocycles. The number of benzene rings is 9. The highest BCUT2D eigenvalue weighted by atomic mass is 15.1. The lowest BCUT2D eigenvalue weighted by Crippen LogP contribution is -2.04. The molecule has 0 radical (unpaired) electrons. The summed E-state index contributed by atoms with van der Waals surface area (Å²) in [5, 5.41) is 1.90. The molecule has 0 unspecified atom stereocenters. The summed E-state index contributed by atoms with van der Waals surface area (Å²) in [4.78, 5) is 50.9. The second kappa shape index (κ2) is 20.2. The summed E-state index contributed by atoms with van der Waals surface area (Å²) in [6, 6.07) is 83.5. The van der Waals surface area contributed by atoms with Crippen LogP contribution in [0.3, 0.4) is 0 Å². The first-order chi connectivity index (χ1) is 39.1. The van der Waals surface area contributed by atoms with E-state index < -0.39 is 0 Å². The molecule has 0 aliphatic heterocycles. The first-order valence-electron chi connectivity index (χ1n) is 25.9. The maximum atomic E-state index is 5.31. The van der Waals surface area contributed by atoms with Crippen LogP contribution in [0.2, 0.25) is 0 Å². The number of hydrogen-bond donors (Lipinski definition) is 0. The second-order valence-corrected chi connectivity index (χ2v) is 18.9. The van der Waals surface area contributed by atoms with E-state index in [0.717, 1.165) is 88.7 Å². The van der Waals surface area contributed by atoms with Crippen LogP contribution in [0.5, 0.6) is 0 Å². The molecule has 0 aliphatic carbocycles. The van der Waals surface area contributed by atoms with Gasteiger partial charge < -0.3 is 4.57 Å². The molecule has 0 saturated heterocycles. The summed E-state index contributed by atoms with van der Waals surface area (Å²) in [6.45, 7) is 0. The molecule has 0 aliphatic rings. The lowest BCUT2D eigenvalue weighted by molar-refractivity contribution is 1.06. The molecular formula is C68H43N11. The van der Waals surface area contributed by atoms with E-state index in [9.17, 15) is 0 Å². The van der Waals surface area contributed by atoms with Crippen molar-refractivity contribution >= 4 is 21.8 Å². The standard InChI is InChI=1S/C68H43N11/c1-7-20-44(21-8-1)60-70-61(45-22-9-2-10-23-45)74-66(73-60)51-34-37-57-54(41-51)55-42-52(67-75-62(46-24-11-3-12-25-46)71-63(76-67)47-26-13-4-14-27-47)35-38-58(55)79(57)59-36-33-50(53-32-19-39-69-43-53)40-56(59)68-77-64(48-28-15-5-16-29-48)72-65(78-68)49-30-17-6-18-31-49/h1-43H. The lowest BCUT2D eigenvalue weighted by Gasteiger charge is -2.16. The van der Waals surface area contributed by atoms with Crippen molar-refractivity contribution in [1.82, 2.24) is 54.4 Å². The zero-order valence-electron chi connectivity index (χ0n) is 42.2. The summed E-state index contributed by atoms with van der Waals surface area (Å²) in [7, 11) is 0. The van der Waals surface area contributed by atoms with Crippen LogP contribution in [0.15, 0.2) is 261 Å². The van der Waals surface area contributed by atoms with Crippen molar-refractivity contribution < 1.29 is 0 Å². The third-order valence-corrected chi connectivity index (χ3v) is 13.9. The minimum atomic E-state index is 0.510. The van der Waals surface area contributed by atoms with Gasteiger partial charge in [-0.2, -0.15) is 0 Å². The van der Waals surface area contributed by atoms with Gasteiger partial charge in [0, 0.05) is 78.8 Å². The number of fused-ring (bicyclic) bond motifs is 3. The van der Waals surface area contributed by atoms with Crippen LogP contribution < -0.4 is 0 Å². The van der Waals surface area contributed by atoms with E-state index in [4.69, 9.17) is 44.9 Å². The van der Waals surface area contributed by atoms with E-state index in [1.165, 1.54) is 0 Å². The normalized spacial score (nSPS) is 11.3. The Kier molecular flexibility index (Phi) is 11.9. The Morgan fingerprint density at radius 2 is 0.532 bits per heavy atom. The van der Waals surface area contributed by atoms with Crippen molar-refractivity contribution in [3.05, 3.63) is 261 Å². The Morgan fingerprint density at radius 3 is 0.861 bits per heavy atom. The molecule has 11 heteroatoms. The van der Waals surface area contributed by atoms with Gasteiger partial charge in [-0.25, -0.2) is 44.9 Å². The summed E-state index contributed by atoms with van der Waals surface area (Å²) < 4.78 is 2.30. The van der Waals surface area contributed by atoms with E-state index in [-0.39, 0.29) is 0 Å². The van der Waals surface area contributed by atoms with Crippen LogP contribution in [0.25, 0.3) is 141 Å². The van der Waals surface area contributed by atoms with Gasteiger partial charge in [0.2, 0.25) is 0 Å². The Bertz CT molecular complexity index is 4150. The van der Waals surface area contributed by atoms with Crippen LogP contribution in [0.1, 0.15) is 0 Å². The van der Waals surface area contributed by atoms with Gasteiger partial charge in [0.15, 0.2) is 52.4 Å². The molecule has 5 heterocycles. The molecule has 0 N–H and O–H groups in total. The summed E-state index contributed by atoms with van der Waals surface area (Å²) >= 11 is 0. The number of nitrogens with zero attached hydrogens (tertiary/aromatic N) is 11. The quantitative estimate of drug-likeness (QED) is 0.123. The maximum Gasteiger partial charge on any atom is 0.166 e. The first-order valence-corrected chi connectivity index (χ1v) is 25.9. The summed E-state index contributed by atoms with van der Waals surface area (Å²) in [5.41, 5.74) is 12.3. The van der Waals surface area contributed by atoms with E-state index >= 15 is 0 Å². The topological polar surface area (TPSA) is 134 Å². The Hall–Kier alpha value is -11.0. The molecule has 11 nitrogen and oxygen atoms in total. The fraction of sp³-hybridized carbons (Fsp3) is 0. The molecule has 0 fully saturated rings. The van der Waals surface area contributed by atoms with Gasteiger partial charge in [0.25, 0.3) is 0 Å². The molecule has 0 atom stereocenters.